The van der Waals surface area contributed by atoms with E-state index in [1.54, 1.807) is 0 Å². The van der Waals surface area contributed by atoms with Crippen LogP contribution in [0.4, 0.5) is 0 Å². The normalized spacial score (nSPS) is 13.1. The third-order valence-electron chi connectivity index (χ3n) is 11.2. The molecule has 1 spiro atoms. The molecule has 252 valence electrons. The first-order valence-electron chi connectivity index (χ1n) is 18.4. The van der Waals surface area contributed by atoms with Gasteiger partial charge in [0.15, 0.2) is 5.82 Å². The first-order chi connectivity index (χ1) is 26.8. The van der Waals surface area contributed by atoms with Gasteiger partial charge in [-0.15, -0.1) is 0 Å². The van der Waals surface area contributed by atoms with Crippen LogP contribution in [0.25, 0.3) is 66.9 Å². The average molecular weight is 689 g/mol. The summed E-state index contributed by atoms with van der Waals surface area (Å²) in [5, 5.41) is 1.03. The first-order valence-corrected chi connectivity index (χ1v) is 18.4. The van der Waals surface area contributed by atoms with Gasteiger partial charge >= 0.3 is 0 Å². The third kappa shape index (κ3) is 4.55. The summed E-state index contributed by atoms with van der Waals surface area (Å²) < 4.78 is 6.51. The van der Waals surface area contributed by atoms with Crippen LogP contribution in [-0.4, -0.2) is 9.97 Å². The van der Waals surface area contributed by atoms with Crippen LogP contribution in [0.5, 0.6) is 11.5 Å². The summed E-state index contributed by atoms with van der Waals surface area (Å²) in [5.41, 5.74) is 15.6. The number of fused-ring (bicyclic) bond motifs is 10. The van der Waals surface area contributed by atoms with Gasteiger partial charge in [0.05, 0.1) is 16.6 Å². The number of hydrogen-bond donors (Lipinski definition) is 0. The molecule has 1 aliphatic heterocycles. The number of hydrogen-bond acceptors (Lipinski definition) is 3. The van der Waals surface area contributed by atoms with E-state index in [0.717, 1.165) is 50.6 Å². The standard InChI is InChI=1S/C51H32N2O/c1-2-12-33(13-3-1)34-24-28-37(29-25-34)50-52-46-19-9-5-15-40(46)49(53-50)36-26-22-35(23-27-36)38-30-31-43-41(32-38)39-14-4-6-16-42(39)51(43)44-17-7-10-20-47(44)54-48-21-11-8-18-45(48)51/h1-32H. The summed E-state index contributed by atoms with van der Waals surface area (Å²) in [6.07, 6.45) is 0. The van der Waals surface area contributed by atoms with Gasteiger partial charge < -0.3 is 4.74 Å². The molecular weight excluding hydrogens is 657 g/mol. The van der Waals surface area contributed by atoms with Crippen LogP contribution in [-0.2, 0) is 5.41 Å². The number of ether oxygens (including phenoxy) is 1. The van der Waals surface area contributed by atoms with Crippen LogP contribution < -0.4 is 4.74 Å². The van der Waals surface area contributed by atoms with Gasteiger partial charge in [0.2, 0.25) is 0 Å². The first kappa shape index (κ1) is 30.5. The van der Waals surface area contributed by atoms with E-state index in [4.69, 9.17) is 14.7 Å². The summed E-state index contributed by atoms with van der Waals surface area (Å²) >= 11 is 0. The molecule has 54 heavy (non-hydrogen) atoms. The van der Waals surface area contributed by atoms with Crippen molar-refractivity contribution in [3.8, 4) is 67.5 Å². The predicted molar refractivity (Wildman–Crippen MR) is 219 cm³/mol. The number of nitrogens with zero attached hydrogens (tertiary/aromatic N) is 2. The molecule has 0 fully saturated rings. The number of rotatable bonds is 4. The Morgan fingerprint density at radius 1 is 0.352 bits per heavy atom. The average Bonchev–Trinajstić information content (AvgIpc) is 3.54. The molecule has 9 aromatic rings. The highest BCUT2D eigenvalue weighted by atomic mass is 16.5. The van der Waals surface area contributed by atoms with Gasteiger partial charge in [-0.2, -0.15) is 0 Å². The lowest BCUT2D eigenvalue weighted by Gasteiger charge is -2.39. The molecule has 2 heterocycles. The molecule has 1 aliphatic carbocycles. The molecule has 0 saturated carbocycles. The van der Waals surface area contributed by atoms with Gasteiger partial charge in [0, 0.05) is 27.6 Å². The Balaban J connectivity index is 1.00. The molecule has 11 rings (SSSR count). The SMILES string of the molecule is c1ccc(-c2ccc(-c3nc(-c4ccc(-c5ccc6c(c5)-c5ccccc5C65c6ccccc6Oc6ccccc65)cc4)c4ccccc4n3)cc2)cc1. The third-order valence-corrected chi connectivity index (χ3v) is 11.2. The Kier molecular flexibility index (Phi) is 6.77. The maximum absolute atomic E-state index is 6.51. The smallest absolute Gasteiger partial charge is 0.160 e. The van der Waals surface area contributed by atoms with Crippen LogP contribution >= 0.6 is 0 Å². The number of benzene rings is 8. The van der Waals surface area contributed by atoms with E-state index in [1.165, 1.54) is 50.1 Å². The fraction of sp³-hybridized carbons (Fsp3) is 0.0196. The highest BCUT2D eigenvalue weighted by Crippen LogP contribution is 2.62. The predicted octanol–water partition coefficient (Wildman–Crippen LogP) is 12.8. The van der Waals surface area contributed by atoms with Crippen molar-refractivity contribution in [2.45, 2.75) is 5.41 Å². The second-order valence-corrected chi connectivity index (χ2v) is 14.1. The van der Waals surface area contributed by atoms with Gasteiger partial charge in [-0.05, 0) is 68.8 Å². The lowest BCUT2D eigenvalue weighted by atomic mass is 9.66. The van der Waals surface area contributed by atoms with Gasteiger partial charge in [-0.1, -0.05) is 170 Å². The van der Waals surface area contributed by atoms with E-state index >= 15 is 0 Å². The van der Waals surface area contributed by atoms with E-state index in [1.807, 2.05) is 12.1 Å². The molecule has 1 aromatic heterocycles. The van der Waals surface area contributed by atoms with Crippen molar-refractivity contribution in [1.82, 2.24) is 9.97 Å². The zero-order valence-corrected chi connectivity index (χ0v) is 29.3. The Labute approximate surface area is 313 Å². The monoisotopic (exact) mass is 688 g/mol. The fourth-order valence-corrected chi connectivity index (χ4v) is 8.73. The summed E-state index contributed by atoms with van der Waals surface area (Å²) in [7, 11) is 0. The zero-order valence-electron chi connectivity index (χ0n) is 29.3. The van der Waals surface area contributed by atoms with Crippen molar-refractivity contribution in [3.63, 3.8) is 0 Å². The van der Waals surface area contributed by atoms with E-state index < -0.39 is 5.41 Å². The van der Waals surface area contributed by atoms with Crippen LogP contribution in [0, 0.1) is 0 Å². The van der Waals surface area contributed by atoms with Crippen molar-refractivity contribution in [3.05, 3.63) is 216 Å². The molecule has 0 amide bonds. The second kappa shape index (κ2) is 12.0. The molecule has 2 aliphatic rings. The largest absolute Gasteiger partial charge is 0.457 e. The Morgan fingerprint density at radius 3 is 1.61 bits per heavy atom. The maximum atomic E-state index is 6.51. The summed E-state index contributed by atoms with van der Waals surface area (Å²) in [5.74, 6) is 2.53. The molecule has 0 saturated heterocycles. The lowest BCUT2D eigenvalue weighted by molar-refractivity contribution is 0.436. The minimum absolute atomic E-state index is 0.465. The number of aromatic nitrogens is 2. The van der Waals surface area contributed by atoms with E-state index in [9.17, 15) is 0 Å². The van der Waals surface area contributed by atoms with Gasteiger partial charge in [0.1, 0.15) is 11.5 Å². The van der Waals surface area contributed by atoms with E-state index in [-0.39, 0.29) is 0 Å². The van der Waals surface area contributed by atoms with Crippen molar-refractivity contribution < 1.29 is 4.74 Å². The van der Waals surface area contributed by atoms with Crippen LogP contribution in [0.3, 0.4) is 0 Å². The molecule has 0 unspecified atom stereocenters. The molecule has 3 heteroatoms. The topological polar surface area (TPSA) is 35.0 Å². The lowest BCUT2D eigenvalue weighted by Crippen LogP contribution is -2.32. The van der Waals surface area contributed by atoms with E-state index in [2.05, 4.69) is 182 Å². The Hall–Kier alpha value is -7.10. The van der Waals surface area contributed by atoms with Gasteiger partial charge in [0.25, 0.3) is 0 Å². The molecule has 8 aromatic carbocycles. The number of para-hydroxylation sites is 3. The second-order valence-electron chi connectivity index (χ2n) is 14.1. The summed E-state index contributed by atoms with van der Waals surface area (Å²) in [6, 6.07) is 68.9. The fourth-order valence-electron chi connectivity index (χ4n) is 8.73. The van der Waals surface area contributed by atoms with Crippen molar-refractivity contribution in [2.75, 3.05) is 0 Å². The molecule has 0 atom stereocenters. The van der Waals surface area contributed by atoms with Crippen LogP contribution in [0.15, 0.2) is 194 Å². The minimum atomic E-state index is -0.465. The molecule has 0 radical (unpaired) electrons. The molecular formula is C51H32N2O. The quantitative estimate of drug-likeness (QED) is 0.185. The van der Waals surface area contributed by atoms with Crippen molar-refractivity contribution in [2.24, 2.45) is 0 Å². The molecule has 3 nitrogen and oxygen atoms in total. The minimum Gasteiger partial charge on any atom is -0.457 e. The van der Waals surface area contributed by atoms with Crippen LogP contribution in [0.1, 0.15) is 22.3 Å². The van der Waals surface area contributed by atoms with Crippen molar-refractivity contribution in [1.29, 1.82) is 0 Å². The Morgan fingerprint density at radius 2 is 0.870 bits per heavy atom. The highest BCUT2D eigenvalue weighted by molar-refractivity contribution is 5.95. The van der Waals surface area contributed by atoms with Gasteiger partial charge in [-0.25, -0.2) is 9.97 Å². The zero-order chi connectivity index (χ0) is 35.6. The molecule has 0 bridgehead atoms. The summed E-state index contributed by atoms with van der Waals surface area (Å²) in [4.78, 5) is 10.2. The highest BCUT2D eigenvalue weighted by Gasteiger charge is 2.50. The molecule has 0 N–H and O–H groups in total. The Bertz CT molecular complexity index is 2850. The van der Waals surface area contributed by atoms with Crippen LogP contribution in [0.2, 0.25) is 0 Å². The van der Waals surface area contributed by atoms with Crippen molar-refractivity contribution >= 4 is 10.9 Å². The summed E-state index contributed by atoms with van der Waals surface area (Å²) in [6.45, 7) is 0. The maximum Gasteiger partial charge on any atom is 0.160 e. The van der Waals surface area contributed by atoms with E-state index in [0.29, 0.717) is 0 Å². The van der Waals surface area contributed by atoms with Gasteiger partial charge in [-0.3, -0.25) is 0 Å².